The molecular weight excluding hydrogens is 362 g/mol. The van der Waals surface area contributed by atoms with Gasteiger partial charge >= 0.3 is 0 Å². The van der Waals surface area contributed by atoms with E-state index in [-0.39, 0.29) is 10.8 Å². The molecule has 0 spiro atoms. The Morgan fingerprint density at radius 3 is 2.85 bits per heavy atom. The Morgan fingerprint density at radius 1 is 1.50 bits per heavy atom. The molecule has 0 aliphatic heterocycles. The number of anilines is 1. The summed E-state index contributed by atoms with van der Waals surface area (Å²) in [7, 11) is -3.57. The minimum absolute atomic E-state index is 0.0253. The van der Waals surface area contributed by atoms with Crippen LogP contribution in [0.25, 0.3) is 0 Å². The molecule has 20 heavy (non-hydrogen) atoms. The Bertz CT molecular complexity index is 687. The number of sulfonamides is 1. The van der Waals surface area contributed by atoms with Crippen LogP contribution < -0.4 is 10.5 Å². The smallest absolute Gasteiger partial charge is 0.241 e. The van der Waals surface area contributed by atoms with Crippen molar-refractivity contribution >= 4 is 43.0 Å². The maximum Gasteiger partial charge on any atom is 0.241 e. The molecule has 0 aliphatic rings. The monoisotopic (exact) mass is 375 g/mol. The predicted octanol–water partition coefficient (Wildman–Crippen LogP) is 2.57. The molecule has 1 aromatic heterocycles. The zero-order chi connectivity index (χ0) is 14.8. The van der Waals surface area contributed by atoms with Gasteiger partial charge in [0, 0.05) is 34.2 Å². The van der Waals surface area contributed by atoms with Crippen LogP contribution in [0.5, 0.6) is 0 Å². The summed E-state index contributed by atoms with van der Waals surface area (Å²) in [6.45, 7) is 2.23. The Labute approximate surface area is 130 Å². The van der Waals surface area contributed by atoms with Crippen molar-refractivity contribution in [1.29, 1.82) is 0 Å². The van der Waals surface area contributed by atoms with Crippen LogP contribution in [0.4, 0.5) is 5.69 Å². The van der Waals surface area contributed by atoms with Crippen molar-refractivity contribution in [3.63, 3.8) is 0 Å². The second-order valence-electron chi connectivity index (χ2n) is 4.31. The quantitative estimate of drug-likeness (QED) is 0.786. The van der Waals surface area contributed by atoms with E-state index in [0.29, 0.717) is 16.7 Å². The fourth-order valence-corrected chi connectivity index (χ4v) is 4.53. The van der Waals surface area contributed by atoms with Crippen LogP contribution in [0.2, 0.25) is 0 Å². The molecule has 0 saturated carbocycles. The Morgan fingerprint density at radius 2 is 2.25 bits per heavy atom. The summed E-state index contributed by atoms with van der Waals surface area (Å²) < 4.78 is 27.5. The van der Waals surface area contributed by atoms with Crippen LogP contribution in [0.1, 0.15) is 17.8 Å². The van der Waals surface area contributed by atoms with E-state index >= 15 is 0 Å². The lowest BCUT2D eigenvalue weighted by Crippen LogP contribution is -2.28. The van der Waals surface area contributed by atoms with Gasteiger partial charge < -0.3 is 5.73 Å². The number of nitrogens with two attached hydrogens (primary N) is 1. The molecule has 0 bridgehead atoms. The maximum atomic E-state index is 12.2. The molecular formula is C12H14BrN3O2S2. The predicted molar refractivity (Wildman–Crippen MR) is 84.3 cm³/mol. The lowest BCUT2D eigenvalue weighted by Gasteiger charge is -2.12. The minimum atomic E-state index is -3.57. The van der Waals surface area contributed by atoms with Crippen molar-refractivity contribution in [2.45, 2.75) is 17.7 Å². The van der Waals surface area contributed by atoms with Gasteiger partial charge in [-0.1, -0.05) is 6.92 Å². The van der Waals surface area contributed by atoms with Crippen molar-refractivity contribution in [3.05, 3.63) is 39.3 Å². The number of hydrogen-bond donors (Lipinski definition) is 2. The fourth-order valence-electron chi connectivity index (χ4n) is 1.61. The second kappa shape index (κ2) is 6.21. The number of benzene rings is 1. The van der Waals surface area contributed by atoms with Crippen LogP contribution in [0.3, 0.4) is 0 Å². The fraction of sp³-hybridized carbons (Fsp3) is 0.250. The van der Waals surface area contributed by atoms with Crippen LogP contribution in [-0.2, 0) is 10.0 Å². The molecule has 2 rings (SSSR count). The number of rotatable bonds is 5. The summed E-state index contributed by atoms with van der Waals surface area (Å²) in [6, 6.07) is 4.61. The van der Waals surface area contributed by atoms with E-state index in [1.807, 2.05) is 12.3 Å². The molecule has 1 aromatic carbocycles. The van der Waals surface area contributed by atoms with Gasteiger partial charge in [-0.05, 0) is 34.1 Å². The largest absolute Gasteiger partial charge is 0.399 e. The highest BCUT2D eigenvalue weighted by atomic mass is 79.9. The zero-order valence-electron chi connectivity index (χ0n) is 10.7. The molecule has 2 aromatic rings. The lowest BCUT2D eigenvalue weighted by molar-refractivity contribution is 0.574. The number of thiazole rings is 1. The summed E-state index contributed by atoms with van der Waals surface area (Å²) in [5.41, 5.74) is 6.11. The Hall–Kier alpha value is -0.960. The van der Waals surface area contributed by atoms with Crippen molar-refractivity contribution in [2.75, 3.05) is 12.3 Å². The Balaban J connectivity index is 2.11. The lowest BCUT2D eigenvalue weighted by atomic mass is 10.2. The molecule has 0 fully saturated rings. The van der Waals surface area contributed by atoms with E-state index in [4.69, 9.17) is 5.73 Å². The Kier molecular flexibility index (Phi) is 4.79. The molecule has 0 saturated heterocycles. The number of halogens is 1. The number of nitrogens with one attached hydrogen (secondary N) is 1. The third-order valence-corrected chi connectivity index (χ3v) is 6.11. The number of aromatic nitrogens is 1. The van der Waals surface area contributed by atoms with Gasteiger partial charge in [-0.25, -0.2) is 18.1 Å². The molecule has 0 radical (unpaired) electrons. The van der Waals surface area contributed by atoms with E-state index in [0.717, 1.165) is 5.01 Å². The minimum Gasteiger partial charge on any atom is -0.399 e. The maximum absolute atomic E-state index is 12.2. The summed E-state index contributed by atoms with van der Waals surface area (Å²) in [4.78, 5) is 4.36. The first-order valence-corrected chi connectivity index (χ1v) is 9.00. The van der Waals surface area contributed by atoms with Gasteiger partial charge in [-0.15, -0.1) is 11.3 Å². The molecule has 0 amide bonds. The molecule has 1 heterocycles. The van der Waals surface area contributed by atoms with Gasteiger partial charge in [0.25, 0.3) is 0 Å². The standard InChI is InChI=1S/C12H14BrN3O2S2/c1-8(12-15-4-5-19-12)7-16-20(17,18)11-3-2-9(14)6-10(11)13/h2-6,8,16H,7,14H2,1H3. The molecule has 1 unspecified atom stereocenters. The van der Waals surface area contributed by atoms with E-state index in [1.54, 1.807) is 18.3 Å². The van der Waals surface area contributed by atoms with Crippen molar-refractivity contribution < 1.29 is 8.42 Å². The van der Waals surface area contributed by atoms with Crippen molar-refractivity contribution in [1.82, 2.24) is 9.71 Å². The average molecular weight is 376 g/mol. The number of hydrogen-bond acceptors (Lipinski definition) is 5. The van der Waals surface area contributed by atoms with Crippen molar-refractivity contribution in [3.8, 4) is 0 Å². The second-order valence-corrected chi connectivity index (χ2v) is 7.83. The van der Waals surface area contributed by atoms with Crippen LogP contribution in [-0.4, -0.2) is 19.9 Å². The number of nitrogen functional groups attached to an aromatic ring is 1. The van der Waals surface area contributed by atoms with Crippen molar-refractivity contribution in [2.24, 2.45) is 0 Å². The third-order valence-electron chi connectivity index (χ3n) is 2.70. The van der Waals surface area contributed by atoms with Crippen LogP contribution in [0.15, 0.2) is 39.1 Å². The zero-order valence-corrected chi connectivity index (χ0v) is 13.9. The highest BCUT2D eigenvalue weighted by Crippen LogP contribution is 2.24. The average Bonchev–Trinajstić information content (AvgIpc) is 2.89. The summed E-state index contributed by atoms with van der Waals surface area (Å²) in [5, 5.41) is 2.78. The van der Waals surface area contributed by atoms with E-state index < -0.39 is 10.0 Å². The molecule has 8 heteroatoms. The summed E-state index contributed by atoms with van der Waals surface area (Å²) >= 11 is 4.73. The first-order chi connectivity index (χ1) is 9.40. The molecule has 1 atom stereocenters. The van der Waals surface area contributed by atoms with Gasteiger partial charge in [0.05, 0.1) is 9.90 Å². The first-order valence-electron chi connectivity index (χ1n) is 5.84. The van der Waals surface area contributed by atoms with E-state index in [2.05, 4.69) is 25.6 Å². The summed E-state index contributed by atoms with van der Waals surface area (Å²) in [6.07, 6.45) is 1.71. The molecule has 3 N–H and O–H groups in total. The van der Waals surface area contributed by atoms with Gasteiger partial charge in [-0.2, -0.15) is 0 Å². The summed E-state index contributed by atoms with van der Waals surface area (Å²) in [5.74, 6) is 0.0253. The van der Waals surface area contributed by atoms with Gasteiger partial charge in [-0.3, -0.25) is 0 Å². The molecule has 108 valence electrons. The molecule has 5 nitrogen and oxygen atoms in total. The van der Waals surface area contributed by atoms with Crippen LogP contribution in [0, 0.1) is 0 Å². The van der Waals surface area contributed by atoms with E-state index in [1.165, 1.54) is 17.4 Å². The van der Waals surface area contributed by atoms with Gasteiger partial charge in [0.2, 0.25) is 10.0 Å². The van der Waals surface area contributed by atoms with Crippen LogP contribution >= 0.6 is 27.3 Å². The highest BCUT2D eigenvalue weighted by molar-refractivity contribution is 9.10. The normalized spacial score (nSPS) is 13.3. The van der Waals surface area contributed by atoms with Gasteiger partial charge in [0.15, 0.2) is 0 Å². The highest BCUT2D eigenvalue weighted by Gasteiger charge is 2.19. The molecule has 0 aliphatic carbocycles. The topological polar surface area (TPSA) is 85.1 Å². The number of nitrogens with zero attached hydrogens (tertiary/aromatic N) is 1. The third kappa shape index (κ3) is 3.57. The first kappa shape index (κ1) is 15.4. The van der Waals surface area contributed by atoms with E-state index in [9.17, 15) is 8.42 Å². The van der Waals surface area contributed by atoms with Gasteiger partial charge in [0.1, 0.15) is 0 Å². The SMILES string of the molecule is CC(CNS(=O)(=O)c1ccc(N)cc1Br)c1nccs1.